The SMILES string of the molecule is CCCCCCCC(=O)OC[C@H]1CCN2CC[C@H](CSC[C@H]3CCN4CC[C@H](COC(=O)CCCCCCC)NC4N3)NC2N1. The van der Waals surface area contributed by atoms with Gasteiger partial charge in [-0.1, -0.05) is 65.2 Å². The first-order valence-electron chi connectivity index (χ1n) is 18.4. The van der Waals surface area contributed by atoms with Crippen molar-refractivity contribution in [2.24, 2.45) is 0 Å². The number of hydrogen-bond donors (Lipinski definition) is 4. The smallest absolute Gasteiger partial charge is 0.305 e. The summed E-state index contributed by atoms with van der Waals surface area (Å²) in [5, 5.41) is 15.1. The van der Waals surface area contributed by atoms with Gasteiger partial charge in [-0.15, -0.1) is 0 Å². The molecule has 4 saturated heterocycles. The van der Waals surface area contributed by atoms with E-state index in [1.165, 1.54) is 38.5 Å². The quantitative estimate of drug-likeness (QED) is 0.113. The van der Waals surface area contributed by atoms with Crippen LogP contribution in [0.3, 0.4) is 0 Å². The van der Waals surface area contributed by atoms with Crippen LogP contribution in [0.25, 0.3) is 0 Å². The predicted molar refractivity (Wildman–Crippen MR) is 183 cm³/mol. The van der Waals surface area contributed by atoms with Gasteiger partial charge in [0.05, 0.1) is 0 Å². The van der Waals surface area contributed by atoms with Crippen molar-refractivity contribution in [1.82, 2.24) is 31.1 Å². The summed E-state index contributed by atoms with van der Waals surface area (Å²) in [5.41, 5.74) is 0. The van der Waals surface area contributed by atoms with Gasteiger partial charge in [-0.2, -0.15) is 11.8 Å². The zero-order chi connectivity index (χ0) is 31.7. The molecular weight excluding hydrogens is 588 g/mol. The number of fused-ring (bicyclic) bond motifs is 2. The lowest BCUT2D eigenvalue weighted by Gasteiger charge is -2.47. The fourth-order valence-corrected chi connectivity index (χ4v) is 8.16. The molecule has 4 aliphatic heterocycles. The van der Waals surface area contributed by atoms with E-state index in [1.54, 1.807) is 0 Å². The van der Waals surface area contributed by atoms with Gasteiger partial charge in [0.1, 0.15) is 25.8 Å². The molecule has 0 saturated carbocycles. The standard InChI is InChI=1S/C34H64N6O4S/c1-3-5-7-9-11-13-31(41)43-23-27-15-19-39-21-17-29(37-33(39)35-27)25-45-26-30-18-22-40-20-16-28(36-34(40)38-30)24-44-32(42)14-12-10-8-6-4-2/h27-30,33-38H,3-26H2,1-2H3/t27-,28-,29-,30-,33?,34?/m1/s1. The second-order valence-electron chi connectivity index (χ2n) is 13.7. The van der Waals surface area contributed by atoms with Gasteiger partial charge in [0.25, 0.3) is 0 Å². The number of hydrogen-bond acceptors (Lipinski definition) is 11. The number of esters is 2. The van der Waals surface area contributed by atoms with Gasteiger partial charge < -0.3 is 9.47 Å². The van der Waals surface area contributed by atoms with Crippen molar-refractivity contribution in [2.75, 3.05) is 50.9 Å². The molecule has 45 heavy (non-hydrogen) atoms. The first kappa shape index (κ1) is 36.9. The molecule has 10 nitrogen and oxygen atoms in total. The Balaban J connectivity index is 1.07. The maximum absolute atomic E-state index is 12.2. The van der Waals surface area contributed by atoms with Crippen molar-refractivity contribution in [1.29, 1.82) is 0 Å². The first-order valence-corrected chi connectivity index (χ1v) is 19.6. The minimum atomic E-state index is -0.0491. The van der Waals surface area contributed by atoms with Crippen LogP contribution in [0.15, 0.2) is 0 Å². The molecule has 0 spiro atoms. The first-order chi connectivity index (χ1) is 22.0. The average Bonchev–Trinajstić information content (AvgIpc) is 3.05. The largest absolute Gasteiger partial charge is 0.464 e. The van der Waals surface area contributed by atoms with Gasteiger partial charge in [0.2, 0.25) is 0 Å². The highest BCUT2D eigenvalue weighted by molar-refractivity contribution is 7.99. The lowest BCUT2D eigenvalue weighted by Crippen LogP contribution is -2.68. The Morgan fingerprint density at radius 2 is 0.956 bits per heavy atom. The van der Waals surface area contributed by atoms with Crippen molar-refractivity contribution >= 4 is 23.7 Å². The third-order valence-electron chi connectivity index (χ3n) is 9.86. The summed E-state index contributed by atoms with van der Waals surface area (Å²) < 4.78 is 11.3. The Kier molecular flexibility index (Phi) is 17.3. The van der Waals surface area contributed by atoms with Crippen LogP contribution < -0.4 is 21.3 Å². The topological polar surface area (TPSA) is 107 Å². The summed E-state index contributed by atoms with van der Waals surface area (Å²) in [6.45, 7) is 9.66. The number of ether oxygens (including phenoxy) is 2. The van der Waals surface area contributed by atoms with Gasteiger partial charge >= 0.3 is 11.9 Å². The van der Waals surface area contributed by atoms with E-state index in [0.717, 1.165) is 89.1 Å². The summed E-state index contributed by atoms with van der Waals surface area (Å²) >= 11 is 2.04. The molecule has 4 rings (SSSR count). The Labute approximate surface area is 277 Å². The van der Waals surface area contributed by atoms with E-state index in [-0.39, 0.29) is 36.6 Å². The van der Waals surface area contributed by atoms with Crippen molar-refractivity contribution < 1.29 is 19.1 Å². The van der Waals surface area contributed by atoms with Gasteiger partial charge in [0, 0.05) is 74.7 Å². The number of thioether (sulfide) groups is 1. The number of carbonyl (C=O) groups excluding carboxylic acids is 2. The zero-order valence-electron chi connectivity index (χ0n) is 28.4. The molecular formula is C34H64N6O4S. The Bertz CT molecular complexity index is 790. The van der Waals surface area contributed by atoms with E-state index in [0.29, 0.717) is 38.1 Å². The van der Waals surface area contributed by atoms with Crippen molar-refractivity contribution in [3.8, 4) is 0 Å². The number of unbranched alkanes of at least 4 members (excludes halogenated alkanes) is 8. The van der Waals surface area contributed by atoms with Gasteiger partial charge in [-0.25, -0.2) is 0 Å². The number of rotatable bonds is 20. The van der Waals surface area contributed by atoms with Crippen LogP contribution in [0.2, 0.25) is 0 Å². The van der Waals surface area contributed by atoms with Gasteiger partial charge in [0.15, 0.2) is 0 Å². The molecule has 4 aliphatic rings. The molecule has 6 atom stereocenters. The van der Waals surface area contributed by atoms with E-state index < -0.39 is 0 Å². The Morgan fingerprint density at radius 3 is 1.38 bits per heavy atom. The molecule has 260 valence electrons. The van der Waals surface area contributed by atoms with Gasteiger partial charge in [-0.05, 0) is 38.5 Å². The van der Waals surface area contributed by atoms with Crippen LogP contribution in [0.5, 0.6) is 0 Å². The number of nitrogens with one attached hydrogen (secondary N) is 4. The van der Waals surface area contributed by atoms with Crippen molar-refractivity contribution in [3.63, 3.8) is 0 Å². The third-order valence-corrected chi connectivity index (χ3v) is 11.1. The van der Waals surface area contributed by atoms with E-state index in [2.05, 4.69) is 44.9 Å². The maximum atomic E-state index is 12.2. The van der Waals surface area contributed by atoms with Crippen LogP contribution in [0.4, 0.5) is 0 Å². The Hall–Kier alpha value is -0.950. The molecule has 4 heterocycles. The van der Waals surface area contributed by atoms with E-state index in [4.69, 9.17) is 9.47 Å². The highest BCUT2D eigenvalue weighted by Gasteiger charge is 2.35. The van der Waals surface area contributed by atoms with E-state index in [1.807, 2.05) is 11.8 Å². The summed E-state index contributed by atoms with van der Waals surface area (Å²) in [6, 6.07) is 1.39. The molecule has 4 fully saturated rings. The second-order valence-corrected chi connectivity index (χ2v) is 14.8. The molecule has 0 radical (unpaired) electrons. The molecule has 0 aromatic carbocycles. The van der Waals surface area contributed by atoms with Gasteiger partial charge in [-0.3, -0.25) is 40.7 Å². The fourth-order valence-electron chi connectivity index (χ4n) is 6.93. The minimum Gasteiger partial charge on any atom is -0.464 e. The van der Waals surface area contributed by atoms with Crippen LogP contribution in [0.1, 0.15) is 117 Å². The predicted octanol–water partition coefficient (Wildman–Crippen LogP) is 4.15. The number of nitrogens with zero attached hydrogens (tertiary/aromatic N) is 2. The third kappa shape index (κ3) is 13.6. The van der Waals surface area contributed by atoms with Crippen LogP contribution in [-0.4, -0.2) is 109 Å². The molecule has 0 aliphatic carbocycles. The highest BCUT2D eigenvalue weighted by atomic mass is 32.2. The molecule has 2 unspecified atom stereocenters. The van der Waals surface area contributed by atoms with Crippen molar-refractivity contribution in [2.45, 2.75) is 153 Å². The number of carbonyl (C=O) groups is 2. The van der Waals surface area contributed by atoms with Crippen LogP contribution >= 0.6 is 11.8 Å². The Morgan fingerprint density at radius 1 is 0.578 bits per heavy atom. The monoisotopic (exact) mass is 652 g/mol. The highest BCUT2D eigenvalue weighted by Crippen LogP contribution is 2.21. The minimum absolute atomic E-state index is 0.0491. The normalized spacial score (nSPS) is 29.1. The van der Waals surface area contributed by atoms with Crippen LogP contribution in [-0.2, 0) is 19.1 Å². The average molecular weight is 653 g/mol. The summed E-state index contributed by atoms with van der Waals surface area (Å²) in [7, 11) is 0. The molecule has 0 amide bonds. The van der Waals surface area contributed by atoms with Crippen LogP contribution in [0, 0.1) is 0 Å². The lowest BCUT2D eigenvalue weighted by atomic mass is 10.1. The molecule has 4 N–H and O–H groups in total. The summed E-state index contributed by atoms with van der Waals surface area (Å²) in [5.74, 6) is 2.10. The molecule has 11 heteroatoms. The lowest BCUT2D eigenvalue weighted by molar-refractivity contribution is -0.146. The van der Waals surface area contributed by atoms with Crippen molar-refractivity contribution in [3.05, 3.63) is 0 Å². The van der Waals surface area contributed by atoms with E-state index >= 15 is 0 Å². The second kappa shape index (κ2) is 21.1. The summed E-state index contributed by atoms with van der Waals surface area (Å²) in [6.07, 6.45) is 17.3. The zero-order valence-corrected chi connectivity index (χ0v) is 29.2. The molecule has 0 aromatic rings. The summed E-state index contributed by atoms with van der Waals surface area (Å²) in [4.78, 5) is 29.4. The maximum Gasteiger partial charge on any atom is 0.305 e. The molecule has 0 aromatic heterocycles. The van der Waals surface area contributed by atoms with E-state index in [9.17, 15) is 9.59 Å². The molecule has 0 bridgehead atoms. The fraction of sp³-hybridized carbons (Fsp3) is 0.941.